The molecule has 1 N–H and O–H groups in total. The minimum absolute atomic E-state index is 0.180. The van der Waals surface area contributed by atoms with Crippen molar-refractivity contribution in [3.63, 3.8) is 0 Å². The van der Waals surface area contributed by atoms with Gasteiger partial charge < -0.3 is 4.57 Å². The topological polar surface area (TPSA) is 76.9 Å². The number of halogens is 1. The van der Waals surface area contributed by atoms with Crippen LogP contribution in [0, 0.1) is 12.7 Å². The first kappa shape index (κ1) is 17.5. The van der Waals surface area contributed by atoms with Gasteiger partial charge in [-0.2, -0.15) is 0 Å². The lowest BCUT2D eigenvalue weighted by Gasteiger charge is -2.00. The van der Waals surface area contributed by atoms with Crippen LogP contribution in [0.5, 0.6) is 0 Å². The van der Waals surface area contributed by atoms with E-state index in [1.165, 1.54) is 45.7 Å². The standard InChI is InChI=1S/C18H13FN4O2S2/c1-9-13-16(20-8-23(2)17(13)25)27-14(9)15(24)22-18-21-12(7-26-18)10-3-5-11(19)6-4-10/h3-8H,1-2H3,(H,21,22,24). The largest absolute Gasteiger partial charge is 0.302 e. The third-order valence-corrected chi connectivity index (χ3v) is 6.04. The third kappa shape index (κ3) is 3.15. The quantitative estimate of drug-likeness (QED) is 0.567. The average Bonchev–Trinajstić information content (AvgIpc) is 3.24. The predicted molar refractivity (Wildman–Crippen MR) is 105 cm³/mol. The molecule has 4 rings (SSSR count). The van der Waals surface area contributed by atoms with E-state index in [0.29, 0.717) is 31.5 Å². The molecule has 0 saturated heterocycles. The van der Waals surface area contributed by atoms with Crippen LogP contribution in [0.1, 0.15) is 15.2 Å². The van der Waals surface area contributed by atoms with Crippen LogP contribution in [0.25, 0.3) is 21.5 Å². The Bertz CT molecular complexity index is 1220. The molecule has 0 atom stereocenters. The number of hydrogen-bond donors (Lipinski definition) is 1. The fraction of sp³-hybridized carbons (Fsp3) is 0.111. The third-order valence-electron chi connectivity index (χ3n) is 4.08. The molecule has 1 aromatic carbocycles. The van der Waals surface area contributed by atoms with Crippen molar-refractivity contribution in [2.75, 3.05) is 5.32 Å². The molecule has 0 fully saturated rings. The van der Waals surface area contributed by atoms with E-state index in [4.69, 9.17) is 0 Å². The Kier molecular flexibility index (Phi) is 4.33. The van der Waals surface area contributed by atoms with E-state index in [0.717, 1.165) is 5.56 Å². The van der Waals surface area contributed by atoms with Crippen molar-refractivity contribution in [1.82, 2.24) is 14.5 Å². The van der Waals surface area contributed by atoms with Gasteiger partial charge in [-0.05, 0) is 36.8 Å². The highest BCUT2D eigenvalue weighted by atomic mass is 32.1. The highest BCUT2D eigenvalue weighted by molar-refractivity contribution is 7.21. The van der Waals surface area contributed by atoms with Crippen LogP contribution in [0.4, 0.5) is 9.52 Å². The Labute approximate surface area is 161 Å². The summed E-state index contributed by atoms with van der Waals surface area (Å²) in [6, 6.07) is 5.99. The molecule has 136 valence electrons. The summed E-state index contributed by atoms with van der Waals surface area (Å²) >= 11 is 2.45. The Balaban J connectivity index is 1.62. The Morgan fingerprint density at radius 3 is 2.74 bits per heavy atom. The van der Waals surface area contributed by atoms with Crippen molar-refractivity contribution in [3.05, 3.63) is 62.6 Å². The second kappa shape index (κ2) is 6.67. The molecule has 0 saturated carbocycles. The minimum Gasteiger partial charge on any atom is -0.302 e. The van der Waals surface area contributed by atoms with Gasteiger partial charge in [0.2, 0.25) is 0 Å². The Morgan fingerprint density at radius 2 is 2.00 bits per heavy atom. The Hall–Kier alpha value is -2.91. The van der Waals surface area contributed by atoms with Crippen molar-refractivity contribution >= 4 is 43.9 Å². The maximum absolute atomic E-state index is 13.0. The molecule has 0 bridgehead atoms. The minimum atomic E-state index is -0.336. The van der Waals surface area contributed by atoms with Crippen molar-refractivity contribution in [2.24, 2.45) is 7.05 Å². The number of nitrogens with one attached hydrogen (secondary N) is 1. The highest BCUT2D eigenvalue weighted by Crippen LogP contribution is 2.29. The van der Waals surface area contributed by atoms with Crippen LogP contribution in [-0.4, -0.2) is 20.4 Å². The van der Waals surface area contributed by atoms with Crippen LogP contribution < -0.4 is 10.9 Å². The number of aryl methyl sites for hydroxylation is 2. The molecule has 0 spiro atoms. The van der Waals surface area contributed by atoms with Gasteiger partial charge in [0.05, 0.1) is 22.3 Å². The molecule has 0 aliphatic rings. The van der Waals surface area contributed by atoms with Crippen molar-refractivity contribution in [2.45, 2.75) is 6.92 Å². The molecule has 3 heterocycles. The predicted octanol–water partition coefficient (Wildman–Crippen LogP) is 3.82. The van der Waals surface area contributed by atoms with Crippen LogP contribution in [0.2, 0.25) is 0 Å². The molecule has 6 nitrogen and oxygen atoms in total. The SMILES string of the molecule is Cc1c(C(=O)Nc2nc(-c3ccc(F)cc3)cs2)sc2ncn(C)c(=O)c12. The maximum Gasteiger partial charge on any atom is 0.267 e. The van der Waals surface area contributed by atoms with Crippen LogP contribution in [0.3, 0.4) is 0 Å². The monoisotopic (exact) mass is 400 g/mol. The van der Waals surface area contributed by atoms with E-state index in [1.54, 1.807) is 31.5 Å². The molecule has 0 aliphatic carbocycles. The Morgan fingerprint density at radius 1 is 1.26 bits per heavy atom. The van der Waals surface area contributed by atoms with Gasteiger partial charge in [-0.3, -0.25) is 14.9 Å². The molecule has 0 unspecified atom stereocenters. The molecular weight excluding hydrogens is 387 g/mol. The van der Waals surface area contributed by atoms with Gasteiger partial charge in [0, 0.05) is 18.0 Å². The maximum atomic E-state index is 13.0. The summed E-state index contributed by atoms with van der Waals surface area (Å²) < 4.78 is 14.4. The second-order valence-electron chi connectivity index (χ2n) is 5.90. The second-order valence-corrected chi connectivity index (χ2v) is 7.75. The number of fused-ring (bicyclic) bond motifs is 1. The van der Waals surface area contributed by atoms with E-state index in [2.05, 4.69) is 15.3 Å². The molecule has 9 heteroatoms. The molecular formula is C18H13FN4O2S2. The number of carbonyl (C=O) groups is 1. The van der Waals surface area contributed by atoms with Crippen molar-refractivity contribution in [1.29, 1.82) is 0 Å². The number of thiophene rings is 1. The molecule has 0 radical (unpaired) electrons. The zero-order chi connectivity index (χ0) is 19.1. The van der Waals surface area contributed by atoms with Crippen LogP contribution in [0.15, 0.2) is 40.8 Å². The summed E-state index contributed by atoms with van der Waals surface area (Å²) in [7, 11) is 1.62. The zero-order valence-electron chi connectivity index (χ0n) is 14.3. The molecule has 27 heavy (non-hydrogen) atoms. The lowest BCUT2D eigenvalue weighted by atomic mass is 10.2. The van der Waals surface area contributed by atoms with Gasteiger partial charge in [-0.25, -0.2) is 14.4 Å². The van der Waals surface area contributed by atoms with Gasteiger partial charge >= 0.3 is 0 Å². The van der Waals surface area contributed by atoms with Gasteiger partial charge in [0.1, 0.15) is 10.6 Å². The molecule has 3 aromatic heterocycles. The lowest BCUT2D eigenvalue weighted by molar-refractivity contribution is 0.103. The number of rotatable bonds is 3. The number of thiazole rings is 1. The number of aromatic nitrogens is 3. The van der Waals surface area contributed by atoms with E-state index >= 15 is 0 Å². The van der Waals surface area contributed by atoms with Gasteiger partial charge in [-0.1, -0.05) is 0 Å². The fourth-order valence-electron chi connectivity index (χ4n) is 2.66. The van der Waals surface area contributed by atoms with Crippen molar-refractivity contribution in [3.8, 4) is 11.3 Å². The smallest absolute Gasteiger partial charge is 0.267 e. The number of nitrogens with zero attached hydrogens (tertiary/aromatic N) is 3. The molecule has 1 amide bonds. The zero-order valence-corrected chi connectivity index (χ0v) is 15.9. The summed E-state index contributed by atoms with van der Waals surface area (Å²) in [5, 5.41) is 5.44. The fourth-order valence-corrected chi connectivity index (χ4v) is 4.41. The number of amides is 1. The first-order valence-electron chi connectivity index (χ1n) is 7.91. The van der Waals surface area contributed by atoms with E-state index in [-0.39, 0.29) is 17.3 Å². The summed E-state index contributed by atoms with van der Waals surface area (Å²) in [5.74, 6) is -0.653. The normalized spacial score (nSPS) is 11.1. The van der Waals surface area contributed by atoms with Crippen LogP contribution in [-0.2, 0) is 7.05 Å². The summed E-state index contributed by atoms with van der Waals surface area (Å²) in [6.45, 7) is 1.74. The first-order chi connectivity index (χ1) is 12.9. The number of anilines is 1. The van der Waals surface area contributed by atoms with Crippen molar-refractivity contribution < 1.29 is 9.18 Å². The lowest BCUT2D eigenvalue weighted by Crippen LogP contribution is -2.17. The van der Waals surface area contributed by atoms with Gasteiger partial charge in [0.25, 0.3) is 11.5 Å². The average molecular weight is 400 g/mol. The summed E-state index contributed by atoms with van der Waals surface area (Å²) in [5.41, 5.74) is 1.84. The van der Waals surface area contributed by atoms with Crippen LogP contribution >= 0.6 is 22.7 Å². The highest BCUT2D eigenvalue weighted by Gasteiger charge is 2.20. The van der Waals surface area contributed by atoms with Gasteiger partial charge in [0.15, 0.2) is 5.13 Å². The number of hydrogen-bond acceptors (Lipinski definition) is 6. The van der Waals surface area contributed by atoms with E-state index < -0.39 is 0 Å². The van der Waals surface area contributed by atoms with Gasteiger partial charge in [-0.15, -0.1) is 22.7 Å². The first-order valence-corrected chi connectivity index (χ1v) is 9.61. The summed E-state index contributed by atoms with van der Waals surface area (Å²) in [4.78, 5) is 34.5. The molecule has 0 aliphatic heterocycles. The van der Waals surface area contributed by atoms with E-state index in [1.807, 2.05) is 0 Å². The summed E-state index contributed by atoms with van der Waals surface area (Å²) in [6.07, 6.45) is 1.44. The van der Waals surface area contributed by atoms with E-state index in [9.17, 15) is 14.0 Å². The number of benzene rings is 1. The molecule has 4 aromatic rings. The number of carbonyl (C=O) groups excluding carboxylic acids is 1.